The molecule has 0 spiro atoms. The molecule has 1 N–H and O–H groups in total. The lowest BCUT2D eigenvalue weighted by atomic mass is 9.82. The van der Waals surface area contributed by atoms with Crippen molar-refractivity contribution in [1.29, 1.82) is 0 Å². The monoisotopic (exact) mass is 256 g/mol. The third-order valence-corrected chi connectivity index (χ3v) is 3.40. The average molecular weight is 257 g/mol. The van der Waals surface area contributed by atoms with Crippen LogP contribution in [0.2, 0.25) is 5.02 Å². The van der Waals surface area contributed by atoms with Gasteiger partial charge in [0, 0.05) is 5.41 Å². The second-order valence-electron chi connectivity index (χ2n) is 4.95. The molecule has 1 aromatic rings. The lowest BCUT2D eigenvalue weighted by Crippen LogP contribution is -2.25. The first-order valence-electron chi connectivity index (χ1n) is 5.67. The molecule has 0 bridgehead atoms. The van der Waals surface area contributed by atoms with Gasteiger partial charge in [-0.05, 0) is 24.1 Å². The van der Waals surface area contributed by atoms with E-state index >= 15 is 0 Å². The fourth-order valence-electron chi connectivity index (χ4n) is 2.18. The highest BCUT2D eigenvalue weighted by atomic mass is 35.5. The molecule has 1 aliphatic heterocycles. The van der Waals surface area contributed by atoms with Gasteiger partial charge in [-0.3, -0.25) is 0 Å². The zero-order valence-electron chi connectivity index (χ0n) is 10.3. The zero-order chi connectivity index (χ0) is 12.6. The van der Waals surface area contributed by atoms with Crippen LogP contribution in [0, 0.1) is 6.92 Å². The molecule has 94 valence electrons. The van der Waals surface area contributed by atoms with Gasteiger partial charge in [0.1, 0.15) is 13.2 Å². The van der Waals surface area contributed by atoms with Crippen LogP contribution in [0.15, 0.2) is 6.07 Å². The quantitative estimate of drug-likeness (QED) is 0.884. The van der Waals surface area contributed by atoms with Gasteiger partial charge in [-0.1, -0.05) is 25.4 Å². The van der Waals surface area contributed by atoms with Crippen LogP contribution in [0.1, 0.15) is 25.0 Å². The lowest BCUT2D eigenvalue weighted by Gasteiger charge is -2.29. The summed E-state index contributed by atoms with van der Waals surface area (Å²) in [6.07, 6.45) is 0. The lowest BCUT2D eigenvalue weighted by molar-refractivity contribution is 0.170. The molecule has 1 heterocycles. The predicted octanol–water partition coefficient (Wildman–Crippen LogP) is 2.69. The molecule has 4 heteroatoms. The number of ether oxygens (including phenoxy) is 2. The molecule has 1 aromatic carbocycles. The van der Waals surface area contributed by atoms with Gasteiger partial charge in [-0.15, -0.1) is 0 Å². The summed E-state index contributed by atoms with van der Waals surface area (Å²) in [6, 6.07) is 1.92. The number of benzene rings is 1. The van der Waals surface area contributed by atoms with Gasteiger partial charge in [-0.25, -0.2) is 0 Å². The molecular formula is C13H17ClO3. The number of aryl methyl sites for hydroxylation is 1. The van der Waals surface area contributed by atoms with Gasteiger partial charge in [0.15, 0.2) is 11.5 Å². The van der Waals surface area contributed by atoms with Crippen LogP contribution in [-0.4, -0.2) is 24.9 Å². The standard InChI is InChI=1S/C13H17ClO3/c1-8-6-9-12(17-5-4-16-9)11(14)10(8)13(2,3)7-15/h6,15H,4-5,7H2,1-3H3. The Hall–Kier alpha value is -0.930. The van der Waals surface area contributed by atoms with E-state index in [4.69, 9.17) is 21.1 Å². The molecule has 0 saturated heterocycles. The summed E-state index contributed by atoms with van der Waals surface area (Å²) in [5, 5.41) is 10.0. The predicted molar refractivity (Wildman–Crippen MR) is 67.3 cm³/mol. The molecule has 0 aromatic heterocycles. The molecule has 0 amide bonds. The van der Waals surface area contributed by atoms with E-state index in [-0.39, 0.29) is 6.61 Å². The molecule has 0 fully saturated rings. The van der Waals surface area contributed by atoms with Crippen molar-refractivity contribution < 1.29 is 14.6 Å². The third-order valence-electron chi connectivity index (χ3n) is 3.04. The molecule has 17 heavy (non-hydrogen) atoms. The van der Waals surface area contributed by atoms with Crippen LogP contribution in [0.4, 0.5) is 0 Å². The number of hydrogen-bond acceptors (Lipinski definition) is 3. The molecule has 3 nitrogen and oxygen atoms in total. The van der Waals surface area contributed by atoms with Gasteiger partial charge < -0.3 is 14.6 Å². The van der Waals surface area contributed by atoms with Gasteiger partial charge >= 0.3 is 0 Å². The van der Waals surface area contributed by atoms with E-state index in [0.29, 0.717) is 29.7 Å². The van der Waals surface area contributed by atoms with Crippen molar-refractivity contribution in [2.75, 3.05) is 19.8 Å². The van der Waals surface area contributed by atoms with Crippen molar-refractivity contribution in [2.24, 2.45) is 0 Å². The topological polar surface area (TPSA) is 38.7 Å². The molecule has 2 rings (SSSR count). The number of fused-ring (bicyclic) bond motifs is 1. The van der Waals surface area contributed by atoms with E-state index in [1.54, 1.807) is 0 Å². The number of aliphatic hydroxyl groups is 1. The first-order chi connectivity index (χ1) is 7.97. The number of halogens is 1. The highest BCUT2D eigenvalue weighted by Gasteiger charge is 2.29. The summed E-state index contributed by atoms with van der Waals surface area (Å²) in [4.78, 5) is 0. The first-order valence-corrected chi connectivity index (χ1v) is 6.05. The van der Waals surface area contributed by atoms with Crippen molar-refractivity contribution in [3.8, 4) is 11.5 Å². The minimum absolute atomic E-state index is 0.0349. The second kappa shape index (κ2) is 4.39. The summed E-state index contributed by atoms with van der Waals surface area (Å²) < 4.78 is 11.1. The SMILES string of the molecule is Cc1cc2c(c(Cl)c1C(C)(C)CO)OCCO2. The van der Waals surface area contributed by atoms with Gasteiger partial charge in [-0.2, -0.15) is 0 Å². The number of aliphatic hydroxyl groups excluding tert-OH is 1. The Bertz CT molecular complexity index is 441. The van der Waals surface area contributed by atoms with Gasteiger partial charge in [0.25, 0.3) is 0 Å². The van der Waals surface area contributed by atoms with E-state index in [1.807, 2.05) is 26.8 Å². The second-order valence-corrected chi connectivity index (χ2v) is 5.33. The summed E-state index contributed by atoms with van der Waals surface area (Å²) in [6.45, 7) is 6.97. The maximum Gasteiger partial charge on any atom is 0.180 e. The number of rotatable bonds is 2. The normalized spacial score (nSPS) is 14.9. The molecule has 0 aliphatic carbocycles. The number of hydrogen-bond donors (Lipinski definition) is 1. The highest BCUT2D eigenvalue weighted by molar-refractivity contribution is 6.33. The molecule has 0 radical (unpaired) electrons. The molecule has 0 saturated carbocycles. The van der Waals surface area contributed by atoms with Crippen LogP contribution in [0.25, 0.3) is 0 Å². The third kappa shape index (κ3) is 2.09. The Morgan fingerprint density at radius 3 is 2.65 bits per heavy atom. The Balaban J connectivity index is 2.61. The Kier molecular flexibility index (Phi) is 3.23. The van der Waals surface area contributed by atoms with Crippen LogP contribution in [0.5, 0.6) is 11.5 Å². The summed E-state index contributed by atoms with van der Waals surface area (Å²) in [7, 11) is 0. The van der Waals surface area contributed by atoms with E-state index in [0.717, 1.165) is 11.1 Å². The summed E-state index contributed by atoms with van der Waals surface area (Å²) in [5.41, 5.74) is 1.54. The van der Waals surface area contributed by atoms with Gasteiger partial charge in [0.05, 0.1) is 11.6 Å². The Morgan fingerprint density at radius 1 is 1.35 bits per heavy atom. The summed E-state index contributed by atoms with van der Waals surface area (Å²) >= 11 is 6.38. The zero-order valence-corrected chi connectivity index (χ0v) is 11.1. The highest BCUT2D eigenvalue weighted by Crippen LogP contribution is 2.45. The Labute approximate surface area is 106 Å². The fraction of sp³-hybridized carbons (Fsp3) is 0.538. The molecular weight excluding hydrogens is 240 g/mol. The van der Waals surface area contributed by atoms with E-state index in [1.165, 1.54) is 0 Å². The van der Waals surface area contributed by atoms with Crippen molar-refractivity contribution in [3.05, 3.63) is 22.2 Å². The van der Waals surface area contributed by atoms with Crippen molar-refractivity contribution in [2.45, 2.75) is 26.2 Å². The van der Waals surface area contributed by atoms with E-state index in [9.17, 15) is 5.11 Å². The molecule has 0 atom stereocenters. The Morgan fingerprint density at radius 2 is 2.00 bits per heavy atom. The van der Waals surface area contributed by atoms with Gasteiger partial charge in [0.2, 0.25) is 0 Å². The van der Waals surface area contributed by atoms with E-state index < -0.39 is 5.41 Å². The largest absolute Gasteiger partial charge is 0.486 e. The van der Waals surface area contributed by atoms with Crippen LogP contribution in [0.3, 0.4) is 0 Å². The molecule has 1 aliphatic rings. The maximum absolute atomic E-state index is 9.47. The van der Waals surface area contributed by atoms with Crippen molar-refractivity contribution >= 4 is 11.6 Å². The minimum atomic E-state index is -0.392. The average Bonchev–Trinajstić information content (AvgIpc) is 2.28. The van der Waals surface area contributed by atoms with Crippen molar-refractivity contribution in [3.63, 3.8) is 0 Å². The fourth-order valence-corrected chi connectivity index (χ4v) is 2.73. The summed E-state index contributed by atoms with van der Waals surface area (Å²) in [5.74, 6) is 1.29. The van der Waals surface area contributed by atoms with Crippen molar-refractivity contribution in [1.82, 2.24) is 0 Å². The molecule has 0 unspecified atom stereocenters. The first kappa shape index (κ1) is 12.5. The smallest absolute Gasteiger partial charge is 0.180 e. The van der Waals surface area contributed by atoms with Crippen LogP contribution in [-0.2, 0) is 5.41 Å². The van der Waals surface area contributed by atoms with Crippen LogP contribution < -0.4 is 9.47 Å². The minimum Gasteiger partial charge on any atom is -0.486 e. The van der Waals surface area contributed by atoms with E-state index in [2.05, 4.69) is 0 Å². The maximum atomic E-state index is 9.47. The van der Waals surface area contributed by atoms with Crippen LogP contribution >= 0.6 is 11.6 Å².